The first-order valence-electron chi connectivity index (χ1n) is 7.77. The van der Waals surface area contributed by atoms with Gasteiger partial charge in [0.25, 0.3) is 0 Å². The molecule has 0 saturated carbocycles. The van der Waals surface area contributed by atoms with E-state index >= 15 is 0 Å². The standard InChI is InChI=1S/C19H22O6/c1-21-8-9-24-17-10-15(19(20)23-3)11-18(12-17)25-13-14-4-6-16(22-2)7-5-14/h4-7,10-12H,8-9,13H2,1-3H3. The quantitative estimate of drug-likeness (QED) is 0.514. The van der Waals surface area contributed by atoms with Gasteiger partial charge in [0.05, 0.1) is 26.4 Å². The second-order valence-electron chi connectivity index (χ2n) is 5.16. The van der Waals surface area contributed by atoms with Crippen molar-refractivity contribution in [1.29, 1.82) is 0 Å². The predicted octanol–water partition coefficient (Wildman–Crippen LogP) is 3.09. The Kier molecular flexibility index (Phi) is 7.10. The lowest BCUT2D eigenvalue weighted by Crippen LogP contribution is -2.07. The summed E-state index contributed by atoms with van der Waals surface area (Å²) in [4.78, 5) is 11.8. The highest BCUT2D eigenvalue weighted by atomic mass is 16.5. The monoisotopic (exact) mass is 346 g/mol. The van der Waals surface area contributed by atoms with Crippen molar-refractivity contribution in [3.05, 3.63) is 53.6 Å². The van der Waals surface area contributed by atoms with Gasteiger partial charge in [0, 0.05) is 13.2 Å². The summed E-state index contributed by atoms with van der Waals surface area (Å²) >= 11 is 0. The molecule has 0 aromatic heterocycles. The van der Waals surface area contributed by atoms with Crippen LogP contribution in [-0.4, -0.2) is 40.5 Å². The molecule has 0 atom stereocenters. The van der Waals surface area contributed by atoms with Gasteiger partial charge in [-0.15, -0.1) is 0 Å². The summed E-state index contributed by atoms with van der Waals surface area (Å²) in [5.41, 5.74) is 1.34. The molecule has 0 amide bonds. The zero-order chi connectivity index (χ0) is 18.1. The summed E-state index contributed by atoms with van der Waals surface area (Å²) in [7, 11) is 4.55. The van der Waals surface area contributed by atoms with Gasteiger partial charge in [0.15, 0.2) is 0 Å². The van der Waals surface area contributed by atoms with Gasteiger partial charge in [-0.2, -0.15) is 0 Å². The van der Waals surface area contributed by atoms with E-state index in [1.165, 1.54) is 7.11 Å². The van der Waals surface area contributed by atoms with Crippen LogP contribution >= 0.6 is 0 Å². The highest BCUT2D eigenvalue weighted by molar-refractivity contribution is 5.90. The Labute approximate surface area is 147 Å². The van der Waals surface area contributed by atoms with Crippen LogP contribution in [0.4, 0.5) is 0 Å². The maximum atomic E-state index is 11.8. The van der Waals surface area contributed by atoms with E-state index in [0.717, 1.165) is 11.3 Å². The van der Waals surface area contributed by atoms with Crippen molar-refractivity contribution < 1.29 is 28.5 Å². The third-order valence-electron chi connectivity index (χ3n) is 3.42. The number of carbonyl (C=O) groups excluding carboxylic acids is 1. The molecule has 25 heavy (non-hydrogen) atoms. The van der Waals surface area contributed by atoms with E-state index in [9.17, 15) is 4.79 Å². The topological polar surface area (TPSA) is 63.2 Å². The van der Waals surface area contributed by atoms with Crippen LogP contribution in [0.3, 0.4) is 0 Å². The Balaban J connectivity index is 2.10. The van der Waals surface area contributed by atoms with Crippen LogP contribution in [0.1, 0.15) is 15.9 Å². The lowest BCUT2D eigenvalue weighted by atomic mass is 10.2. The summed E-state index contributed by atoms with van der Waals surface area (Å²) < 4.78 is 26.2. The zero-order valence-corrected chi connectivity index (χ0v) is 14.6. The lowest BCUT2D eigenvalue weighted by molar-refractivity contribution is 0.0599. The molecule has 0 aliphatic carbocycles. The Hall–Kier alpha value is -2.73. The van der Waals surface area contributed by atoms with Gasteiger partial charge in [-0.05, 0) is 29.8 Å². The van der Waals surface area contributed by atoms with Crippen LogP contribution in [0.15, 0.2) is 42.5 Å². The first kappa shape index (κ1) is 18.6. The molecule has 2 aromatic rings. The van der Waals surface area contributed by atoms with Gasteiger partial charge < -0.3 is 23.7 Å². The van der Waals surface area contributed by atoms with Crippen LogP contribution in [0.5, 0.6) is 17.2 Å². The minimum absolute atomic E-state index is 0.353. The predicted molar refractivity (Wildman–Crippen MR) is 92.5 cm³/mol. The highest BCUT2D eigenvalue weighted by Gasteiger charge is 2.11. The van der Waals surface area contributed by atoms with Crippen LogP contribution in [0.25, 0.3) is 0 Å². The number of esters is 1. The van der Waals surface area contributed by atoms with Crippen molar-refractivity contribution in [2.75, 3.05) is 34.5 Å². The van der Waals surface area contributed by atoms with E-state index in [-0.39, 0.29) is 0 Å². The molecule has 6 heteroatoms. The van der Waals surface area contributed by atoms with E-state index in [1.54, 1.807) is 32.4 Å². The largest absolute Gasteiger partial charge is 0.497 e. The molecule has 0 fully saturated rings. The summed E-state index contributed by atoms with van der Waals surface area (Å²) in [5, 5.41) is 0. The van der Waals surface area contributed by atoms with Crippen molar-refractivity contribution in [3.63, 3.8) is 0 Å². The van der Waals surface area contributed by atoms with Crippen molar-refractivity contribution in [1.82, 2.24) is 0 Å². The van der Waals surface area contributed by atoms with Gasteiger partial charge in [0.2, 0.25) is 0 Å². The number of methoxy groups -OCH3 is 3. The van der Waals surface area contributed by atoms with E-state index in [1.807, 2.05) is 24.3 Å². The maximum Gasteiger partial charge on any atom is 0.338 e. The Morgan fingerprint density at radius 1 is 0.840 bits per heavy atom. The minimum Gasteiger partial charge on any atom is -0.497 e. The van der Waals surface area contributed by atoms with E-state index in [0.29, 0.717) is 36.9 Å². The van der Waals surface area contributed by atoms with Gasteiger partial charge >= 0.3 is 5.97 Å². The average Bonchev–Trinajstić information content (AvgIpc) is 2.66. The van der Waals surface area contributed by atoms with Crippen LogP contribution in [0, 0.1) is 0 Å². The van der Waals surface area contributed by atoms with E-state index < -0.39 is 5.97 Å². The summed E-state index contributed by atoms with van der Waals surface area (Å²) in [6.07, 6.45) is 0. The van der Waals surface area contributed by atoms with Gasteiger partial charge in [-0.3, -0.25) is 0 Å². The van der Waals surface area contributed by atoms with E-state index in [4.69, 9.17) is 23.7 Å². The van der Waals surface area contributed by atoms with Crippen LogP contribution in [0.2, 0.25) is 0 Å². The second-order valence-corrected chi connectivity index (χ2v) is 5.16. The molecule has 0 spiro atoms. The van der Waals surface area contributed by atoms with Crippen LogP contribution in [-0.2, 0) is 16.1 Å². The first-order valence-corrected chi connectivity index (χ1v) is 7.77. The van der Waals surface area contributed by atoms with Crippen molar-refractivity contribution in [2.24, 2.45) is 0 Å². The average molecular weight is 346 g/mol. The molecule has 0 N–H and O–H groups in total. The summed E-state index contributed by atoms with van der Waals surface area (Å²) in [5.74, 6) is 1.37. The normalized spacial score (nSPS) is 10.2. The van der Waals surface area contributed by atoms with Gasteiger partial charge in [0.1, 0.15) is 30.5 Å². The Morgan fingerprint density at radius 2 is 1.52 bits per heavy atom. The molecule has 0 heterocycles. The molecule has 0 bridgehead atoms. The number of hydrogen-bond acceptors (Lipinski definition) is 6. The van der Waals surface area contributed by atoms with Gasteiger partial charge in [-0.25, -0.2) is 4.79 Å². The molecule has 2 rings (SSSR count). The molecule has 6 nitrogen and oxygen atoms in total. The third kappa shape index (κ3) is 5.69. The minimum atomic E-state index is -0.452. The molecular formula is C19H22O6. The Bertz CT molecular complexity index is 681. The molecular weight excluding hydrogens is 324 g/mol. The SMILES string of the molecule is COCCOc1cc(OCc2ccc(OC)cc2)cc(C(=O)OC)c1. The third-order valence-corrected chi connectivity index (χ3v) is 3.42. The smallest absolute Gasteiger partial charge is 0.338 e. The zero-order valence-electron chi connectivity index (χ0n) is 14.6. The van der Waals surface area contributed by atoms with Crippen LogP contribution < -0.4 is 14.2 Å². The molecule has 0 aliphatic heterocycles. The molecule has 134 valence electrons. The number of ether oxygens (including phenoxy) is 5. The fourth-order valence-corrected chi connectivity index (χ4v) is 2.11. The van der Waals surface area contributed by atoms with Crippen molar-refractivity contribution in [3.8, 4) is 17.2 Å². The molecule has 0 radical (unpaired) electrons. The Morgan fingerprint density at radius 3 is 2.12 bits per heavy atom. The molecule has 0 aliphatic rings. The second kappa shape index (κ2) is 9.54. The number of hydrogen-bond donors (Lipinski definition) is 0. The van der Waals surface area contributed by atoms with E-state index in [2.05, 4.69) is 0 Å². The molecule has 0 saturated heterocycles. The number of carbonyl (C=O) groups is 1. The summed E-state index contributed by atoms with van der Waals surface area (Å²) in [6, 6.07) is 12.5. The molecule has 0 unspecified atom stereocenters. The highest BCUT2D eigenvalue weighted by Crippen LogP contribution is 2.25. The fourth-order valence-electron chi connectivity index (χ4n) is 2.11. The van der Waals surface area contributed by atoms with Crippen molar-refractivity contribution >= 4 is 5.97 Å². The molecule has 2 aromatic carbocycles. The van der Waals surface area contributed by atoms with Crippen molar-refractivity contribution in [2.45, 2.75) is 6.61 Å². The lowest BCUT2D eigenvalue weighted by Gasteiger charge is -2.12. The maximum absolute atomic E-state index is 11.8. The first-order chi connectivity index (χ1) is 12.2. The number of benzene rings is 2. The fraction of sp³-hybridized carbons (Fsp3) is 0.316. The summed E-state index contributed by atoms with van der Waals surface area (Å²) in [6.45, 7) is 1.18. The number of rotatable bonds is 9. The van der Waals surface area contributed by atoms with Gasteiger partial charge in [-0.1, -0.05) is 12.1 Å².